The maximum absolute atomic E-state index is 12.9. The zero-order valence-electron chi connectivity index (χ0n) is 14.7. The Bertz CT molecular complexity index is 698. The van der Waals surface area contributed by atoms with Crippen LogP contribution in [0.2, 0.25) is 0 Å². The van der Waals surface area contributed by atoms with Crippen LogP contribution in [-0.2, 0) is 4.79 Å². The average Bonchev–Trinajstić information content (AvgIpc) is 2.61. The van der Waals surface area contributed by atoms with Crippen LogP contribution in [0.4, 0.5) is 11.4 Å². The number of hydrogen-bond acceptors (Lipinski definition) is 2. The molecule has 2 aromatic rings. The van der Waals surface area contributed by atoms with Gasteiger partial charge in [-0.05, 0) is 43.5 Å². The van der Waals surface area contributed by atoms with Gasteiger partial charge in [0.15, 0.2) is 0 Å². The minimum atomic E-state index is 0.0548. The first kappa shape index (κ1) is 16.6. The van der Waals surface area contributed by atoms with Crippen molar-refractivity contribution in [2.24, 2.45) is 5.92 Å². The first-order valence-corrected chi connectivity index (χ1v) is 8.85. The monoisotopic (exact) mass is 322 g/mol. The summed E-state index contributed by atoms with van der Waals surface area (Å²) < 4.78 is 0. The Morgan fingerprint density at radius 2 is 1.83 bits per heavy atom. The van der Waals surface area contributed by atoms with Gasteiger partial charge in [-0.25, -0.2) is 0 Å². The molecule has 3 nitrogen and oxygen atoms in total. The molecule has 24 heavy (non-hydrogen) atoms. The predicted octanol–water partition coefficient (Wildman–Crippen LogP) is 5.01. The summed E-state index contributed by atoms with van der Waals surface area (Å²) in [6.07, 6.45) is 1.78. The number of nitrogens with one attached hydrogen (secondary N) is 1. The predicted molar refractivity (Wildman–Crippen MR) is 100 cm³/mol. The molecule has 1 amide bonds. The van der Waals surface area contributed by atoms with Crippen molar-refractivity contribution in [1.29, 1.82) is 0 Å². The second kappa shape index (κ2) is 7.08. The zero-order chi connectivity index (χ0) is 17.1. The first-order valence-electron chi connectivity index (χ1n) is 8.85. The van der Waals surface area contributed by atoms with Crippen LogP contribution in [0.1, 0.15) is 45.2 Å². The van der Waals surface area contributed by atoms with Crippen molar-refractivity contribution in [3.05, 3.63) is 60.2 Å². The summed E-state index contributed by atoms with van der Waals surface area (Å²) in [5.41, 5.74) is 3.37. The van der Waals surface area contributed by atoms with Gasteiger partial charge in [0.1, 0.15) is 0 Å². The van der Waals surface area contributed by atoms with Gasteiger partial charge in [-0.3, -0.25) is 4.79 Å². The molecule has 1 N–H and O–H groups in total. The average molecular weight is 322 g/mol. The highest BCUT2D eigenvalue weighted by molar-refractivity contribution is 5.96. The van der Waals surface area contributed by atoms with E-state index in [1.54, 1.807) is 0 Å². The molecule has 0 saturated heterocycles. The minimum absolute atomic E-state index is 0.0548. The number of nitrogens with zero attached hydrogens (tertiary/aromatic N) is 1. The summed E-state index contributed by atoms with van der Waals surface area (Å²) in [5, 5.41) is 3.63. The Labute approximate surface area is 144 Å². The van der Waals surface area contributed by atoms with Gasteiger partial charge in [0.25, 0.3) is 0 Å². The summed E-state index contributed by atoms with van der Waals surface area (Å²) >= 11 is 0. The molecule has 3 rings (SSSR count). The van der Waals surface area contributed by atoms with Crippen LogP contribution < -0.4 is 10.2 Å². The molecule has 0 saturated carbocycles. The second-order valence-corrected chi connectivity index (χ2v) is 6.72. The Morgan fingerprint density at radius 3 is 2.54 bits per heavy atom. The lowest BCUT2D eigenvalue weighted by Gasteiger charge is -2.41. The SMILES string of the molecule is CC[C@H](C)C(=O)N1c2ccccc2[C@@H](Nc2ccccc2)C[C@H]1C. The highest BCUT2D eigenvalue weighted by Crippen LogP contribution is 2.39. The van der Waals surface area contributed by atoms with Crippen LogP contribution in [-0.4, -0.2) is 11.9 Å². The number of carbonyl (C=O) groups is 1. The largest absolute Gasteiger partial charge is 0.378 e. The van der Waals surface area contributed by atoms with Gasteiger partial charge < -0.3 is 10.2 Å². The summed E-state index contributed by atoms with van der Waals surface area (Å²) in [4.78, 5) is 14.9. The van der Waals surface area contributed by atoms with Gasteiger partial charge in [-0.15, -0.1) is 0 Å². The fourth-order valence-electron chi connectivity index (χ4n) is 3.43. The van der Waals surface area contributed by atoms with Crippen LogP contribution in [0, 0.1) is 5.92 Å². The molecule has 0 fully saturated rings. The molecule has 0 aromatic heterocycles. The van der Waals surface area contributed by atoms with E-state index in [4.69, 9.17) is 0 Å². The highest BCUT2D eigenvalue weighted by Gasteiger charge is 2.34. The van der Waals surface area contributed by atoms with Crippen LogP contribution in [0.3, 0.4) is 0 Å². The molecular weight excluding hydrogens is 296 g/mol. The molecule has 0 unspecified atom stereocenters. The summed E-state index contributed by atoms with van der Waals surface area (Å²) in [6, 6.07) is 19.0. The van der Waals surface area contributed by atoms with E-state index in [0.717, 1.165) is 24.2 Å². The van der Waals surface area contributed by atoms with E-state index in [1.807, 2.05) is 36.1 Å². The van der Waals surface area contributed by atoms with Gasteiger partial charge in [0.05, 0.1) is 6.04 Å². The third-order valence-electron chi connectivity index (χ3n) is 4.98. The first-order chi connectivity index (χ1) is 11.6. The van der Waals surface area contributed by atoms with E-state index in [1.165, 1.54) is 5.56 Å². The fourth-order valence-corrected chi connectivity index (χ4v) is 3.43. The molecule has 1 aliphatic rings. The van der Waals surface area contributed by atoms with Crippen LogP contribution >= 0.6 is 0 Å². The quantitative estimate of drug-likeness (QED) is 0.858. The van der Waals surface area contributed by atoms with Crippen molar-refractivity contribution in [2.45, 2.75) is 45.7 Å². The van der Waals surface area contributed by atoms with Gasteiger partial charge in [-0.1, -0.05) is 50.2 Å². The number of carbonyl (C=O) groups excluding carboxylic acids is 1. The van der Waals surface area contributed by atoms with E-state index in [0.29, 0.717) is 0 Å². The standard InChI is InChI=1S/C21H26N2O/c1-4-15(2)21(24)23-16(3)14-19(18-12-8-9-13-20(18)23)22-17-10-6-5-7-11-17/h5-13,15-16,19,22H,4,14H2,1-3H3/t15-,16+,19-/m0/s1. The van der Waals surface area contributed by atoms with Crippen LogP contribution in [0.5, 0.6) is 0 Å². The number of benzene rings is 2. The Morgan fingerprint density at radius 1 is 1.17 bits per heavy atom. The lowest BCUT2D eigenvalue weighted by Crippen LogP contribution is -2.46. The van der Waals surface area contributed by atoms with Gasteiger partial charge in [0.2, 0.25) is 5.91 Å². The number of amides is 1. The Kier molecular flexibility index (Phi) is 4.89. The smallest absolute Gasteiger partial charge is 0.230 e. The molecule has 0 spiro atoms. The Hall–Kier alpha value is -2.29. The maximum atomic E-state index is 12.9. The van der Waals surface area contributed by atoms with Gasteiger partial charge in [0, 0.05) is 23.3 Å². The molecule has 3 atom stereocenters. The third kappa shape index (κ3) is 3.16. The molecule has 0 bridgehead atoms. The van der Waals surface area contributed by atoms with Crippen LogP contribution in [0.25, 0.3) is 0 Å². The molecule has 0 aliphatic carbocycles. The number of para-hydroxylation sites is 2. The van der Waals surface area contributed by atoms with Crippen LogP contribution in [0.15, 0.2) is 54.6 Å². The normalized spacial score (nSPS) is 21.0. The lowest BCUT2D eigenvalue weighted by molar-refractivity contribution is -0.122. The number of hydrogen-bond donors (Lipinski definition) is 1. The summed E-state index contributed by atoms with van der Waals surface area (Å²) in [6.45, 7) is 6.24. The van der Waals surface area contributed by atoms with Crippen molar-refractivity contribution < 1.29 is 4.79 Å². The lowest BCUT2D eigenvalue weighted by atomic mass is 9.90. The van der Waals surface area contributed by atoms with E-state index in [9.17, 15) is 4.79 Å². The minimum Gasteiger partial charge on any atom is -0.378 e. The summed E-state index contributed by atoms with van der Waals surface area (Å²) in [7, 11) is 0. The molecule has 126 valence electrons. The molecular formula is C21H26N2O. The van der Waals surface area contributed by atoms with E-state index < -0.39 is 0 Å². The highest BCUT2D eigenvalue weighted by atomic mass is 16.2. The summed E-state index contributed by atoms with van der Waals surface area (Å²) in [5.74, 6) is 0.287. The molecule has 1 heterocycles. The van der Waals surface area contributed by atoms with Crippen molar-refractivity contribution >= 4 is 17.3 Å². The van der Waals surface area contributed by atoms with Crippen molar-refractivity contribution in [2.75, 3.05) is 10.2 Å². The number of fused-ring (bicyclic) bond motifs is 1. The van der Waals surface area contributed by atoms with E-state index in [2.05, 4.69) is 49.5 Å². The van der Waals surface area contributed by atoms with E-state index >= 15 is 0 Å². The van der Waals surface area contributed by atoms with E-state index in [-0.39, 0.29) is 23.9 Å². The maximum Gasteiger partial charge on any atom is 0.230 e. The molecule has 2 aromatic carbocycles. The second-order valence-electron chi connectivity index (χ2n) is 6.72. The molecule has 1 aliphatic heterocycles. The topological polar surface area (TPSA) is 32.3 Å². The zero-order valence-corrected chi connectivity index (χ0v) is 14.7. The van der Waals surface area contributed by atoms with Crippen molar-refractivity contribution in [3.63, 3.8) is 0 Å². The van der Waals surface area contributed by atoms with Gasteiger partial charge in [-0.2, -0.15) is 0 Å². The molecule has 0 radical (unpaired) electrons. The van der Waals surface area contributed by atoms with Crippen molar-refractivity contribution in [3.8, 4) is 0 Å². The number of rotatable bonds is 4. The van der Waals surface area contributed by atoms with Crippen molar-refractivity contribution in [1.82, 2.24) is 0 Å². The molecule has 3 heteroatoms. The van der Waals surface area contributed by atoms with Gasteiger partial charge >= 0.3 is 0 Å². The third-order valence-corrected chi connectivity index (χ3v) is 4.98. The Balaban J connectivity index is 1.94. The number of anilines is 2. The fraction of sp³-hybridized carbons (Fsp3) is 0.381.